The van der Waals surface area contributed by atoms with E-state index in [-0.39, 0.29) is 16.9 Å². The quantitative estimate of drug-likeness (QED) is 0.811. The molecule has 0 saturated heterocycles. The lowest BCUT2D eigenvalue weighted by molar-refractivity contribution is 0.0696. The molecule has 0 aliphatic carbocycles. The van der Waals surface area contributed by atoms with Gasteiger partial charge in [0.1, 0.15) is 11.6 Å². The van der Waals surface area contributed by atoms with E-state index in [1.807, 2.05) is 0 Å². The van der Waals surface area contributed by atoms with Crippen LogP contribution in [0.25, 0.3) is 0 Å². The Bertz CT molecular complexity index is 728. The van der Waals surface area contributed by atoms with Crippen LogP contribution in [0.15, 0.2) is 36.4 Å². The van der Waals surface area contributed by atoms with Gasteiger partial charge in [-0.05, 0) is 42.8 Å². The van der Waals surface area contributed by atoms with Crippen molar-refractivity contribution in [3.05, 3.63) is 58.9 Å². The van der Waals surface area contributed by atoms with Crippen molar-refractivity contribution in [2.45, 2.75) is 6.92 Å². The molecule has 0 aliphatic heterocycles. The number of rotatable bonds is 3. The van der Waals surface area contributed by atoms with Gasteiger partial charge in [0, 0.05) is 11.8 Å². The third-order valence-electron chi connectivity index (χ3n) is 2.91. The molecule has 0 aliphatic rings. The molecule has 0 radical (unpaired) electrons. The summed E-state index contributed by atoms with van der Waals surface area (Å²) < 4.78 is 13.6. The van der Waals surface area contributed by atoms with Gasteiger partial charge in [-0.15, -0.1) is 0 Å². The number of amides is 1. The fourth-order valence-corrected chi connectivity index (χ4v) is 1.87. The number of anilines is 1. The number of phenols is 1. The molecule has 0 bridgehead atoms. The lowest BCUT2D eigenvalue weighted by Crippen LogP contribution is -2.14. The summed E-state index contributed by atoms with van der Waals surface area (Å²) in [6, 6.07) is 7.48. The number of carbonyl (C=O) groups is 2. The molecule has 0 heterocycles. The van der Waals surface area contributed by atoms with E-state index < -0.39 is 17.7 Å². The SMILES string of the molecule is Cc1cc(NC(=O)c2ccc(O)cc2F)ccc1C(=O)O. The topological polar surface area (TPSA) is 86.6 Å². The smallest absolute Gasteiger partial charge is 0.335 e. The lowest BCUT2D eigenvalue weighted by Gasteiger charge is -2.08. The fraction of sp³-hybridized carbons (Fsp3) is 0.0667. The zero-order chi connectivity index (χ0) is 15.6. The van der Waals surface area contributed by atoms with Crippen molar-refractivity contribution >= 4 is 17.6 Å². The van der Waals surface area contributed by atoms with Crippen LogP contribution in [0.5, 0.6) is 5.75 Å². The molecule has 5 nitrogen and oxygen atoms in total. The van der Waals surface area contributed by atoms with Crippen LogP contribution in [0, 0.1) is 12.7 Å². The average molecular weight is 289 g/mol. The summed E-state index contributed by atoms with van der Waals surface area (Å²) in [6.07, 6.45) is 0. The molecule has 2 aromatic carbocycles. The van der Waals surface area contributed by atoms with E-state index in [0.29, 0.717) is 11.3 Å². The Labute approximate surface area is 119 Å². The molecule has 21 heavy (non-hydrogen) atoms. The Morgan fingerprint density at radius 2 is 1.76 bits per heavy atom. The lowest BCUT2D eigenvalue weighted by atomic mass is 10.1. The van der Waals surface area contributed by atoms with Crippen LogP contribution in [0.2, 0.25) is 0 Å². The van der Waals surface area contributed by atoms with Crippen LogP contribution in [-0.2, 0) is 0 Å². The van der Waals surface area contributed by atoms with Gasteiger partial charge in [0.05, 0.1) is 11.1 Å². The summed E-state index contributed by atoms with van der Waals surface area (Å²) in [4.78, 5) is 22.8. The van der Waals surface area contributed by atoms with Crippen LogP contribution in [0.3, 0.4) is 0 Å². The first-order valence-corrected chi connectivity index (χ1v) is 6.02. The summed E-state index contributed by atoms with van der Waals surface area (Å²) in [6.45, 7) is 1.60. The maximum atomic E-state index is 13.6. The minimum atomic E-state index is -1.06. The van der Waals surface area contributed by atoms with Crippen molar-refractivity contribution in [3.63, 3.8) is 0 Å². The monoisotopic (exact) mass is 289 g/mol. The number of carboxylic acids is 1. The highest BCUT2D eigenvalue weighted by molar-refractivity contribution is 6.04. The second kappa shape index (κ2) is 5.62. The van der Waals surface area contributed by atoms with E-state index in [9.17, 15) is 14.0 Å². The molecule has 2 rings (SSSR count). The van der Waals surface area contributed by atoms with E-state index >= 15 is 0 Å². The van der Waals surface area contributed by atoms with Gasteiger partial charge in [-0.2, -0.15) is 0 Å². The Kier molecular flexibility index (Phi) is 3.89. The minimum absolute atomic E-state index is 0.129. The highest BCUT2D eigenvalue weighted by Gasteiger charge is 2.13. The molecule has 0 aromatic heterocycles. The Morgan fingerprint density at radius 1 is 1.10 bits per heavy atom. The molecule has 0 saturated carbocycles. The van der Waals surface area contributed by atoms with Gasteiger partial charge in [-0.25, -0.2) is 9.18 Å². The molecule has 0 unspecified atom stereocenters. The average Bonchev–Trinajstić information content (AvgIpc) is 2.37. The van der Waals surface area contributed by atoms with Crippen molar-refractivity contribution in [1.29, 1.82) is 0 Å². The first-order valence-electron chi connectivity index (χ1n) is 6.02. The number of carbonyl (C=O) groups excluding carboxylic acids is 1. The first-order chi connectivity index (χ1) is 9.88. The minimum Gasteiger partial charge on any atom is -0.508 e. The van der Waals surface area contributed by atoms with Gasteiger partial charge in [-0.1, -0.05) is 0 Å². The molecule has 3 N–H and O–H groups in total. The van der Waals surface area contributed by atoms with E-state index in [4.69, 9.17) is 10.2 Å². The summed E-state index contributed by atoms with van der Waals surface area (Å²) in [7, 11) is 0. The van der Waals surface area contributed by atoms with Crippen LogP contribution in [0.4, 0.5) is 10.1 Å². The molecule has 1 amide bonds. The van der Waals surface area contributed by atoms with Crippen LogP contribution >= 0.6 is 0 Å². The number of aryl methyl sites for hydroxylation is 1. The van der Waals surface area contributed by atoms with Crippen molar-refractivity contribution in [3.8, 4) is 5.75 Å². The van der Waals surface area contributed by atoms with Crippen LogP contribution in [0.1, 0.15) is 26.3 Å². The van der Waals surface area contributed by atoms with Gasteiger partial charge in [0.25, 0.3) is 5.91 Å². The van der Waals surface area contributed by atoms with Crippen molar-refractivity contribution in [2.75, 3.05) is 5.32 Å². The third kappa shape index (κ3) is 3.17. The number of benzene rings is 2. The number of aromatic carboxylic acids is 1. The van der Waals surface area contributed by atoms with Crippen molar-refractivity contribution < 1.29 is 24.2 Å². The van der Waals surface area contributed by atoms with Crippen LogP contribution < -0.4 is 5.32 Å². The van der Waals surface area contributed by atoms with E-state index in [0.717, 1.165) is 6.07 Å². The Hall–Kier alpha value is -2.89. The van der Waals surface area contributed by atoms with Gasteiger partial charge in [-0.3, -0.25) is 4.79 Å². The Balaban J connectivity index is 2.23. The zero-order valence-electron chi connectivity index (χ0n) is 11.1. The largest absolute Gasteiger partial charge is 0.508 e. The summed E-state index contributed by atoms with van der Waals surface area (Å²) in [5.74, 6) is -2.86. The highest BCUT2D eigenvalue weighted by Crippen LogP contribution is 2.19. The van der Waals surface area contributed by atoms with E-state index in [2.05, 4.69) is 5.32 Å². The van der Waals surface area contributed by atoms with Crippen molar-refractivity contribution in [2.24, 2.45) is 0 Å². The standard InChI is InChI=1S/C15H12FNO4/c1-8-6-9(2-4-11(8)15(20)21)17-14(19)12-5-3-10(18)7-13(12)16/h2-7,18H,1H3,(H,17,19)(H,20,21). The molecule has 2 aromatic rings. The first kappa shape index (κ1) is 14.5. The molecule has 6 heteroatoms. The number of hydrogen-bond donors (Lipinski definition) is 3. The highest BCUT2D eigenvalue weighted by atomic mass is 19.1. The van der Waals surface area contributed by atoms with Gasteiger partial charge < -0.3 is 15.5 Å². The molecule has 0 fully saturated rings. The number of nitrogens with one attached hydrogen (secondary N) is 1. The fourth-order valence-electron chi connectivity index (χ4n) is 1.87. The second-order valence-electron chi connectivity index (χ2n) is 4.45. The van der Waals surface area contributed by atoms with E-state index in [1.165, 1.54) is 30.3 Å². The van der Waals surface area contributed by atoms with Gasteiger partial charge >= 0.3 is 5.97 Å². The maximum absolute atomic E-state index is 13.6. The number of phenolic OH excluding ortho intramolecular Hbond substituents is 1. The number of hydrogen-bond acceptors (Lipinski definition) is 3. The van der Waals surface area contributed by atoms with E-state index in [1.54, 1.807) is 6.92 Å². The normalized spacial score (nSPS) is 10.2. The molecular weight excluding hydrogens is 277 g/mol. The molecule has 0 atom stereocenters. The van der Waals surface area contributed by atoms with Crippen molar-refractivity contribution in [1.82, 2.24) is 0 Å². The van der Waals surface area contributed by atoms with Gasteiger partial charge in [0.2, 0.25) is 0 Å². The number of halogens is 1. The molecule has 108 valence electrons. The van der Waals surface area contributed by atoms with Crippen LogP contribution in [-0.4, -0.2) is 22.1 Å². The predicted molar refractivity (Wildman–Crippen MR) is 74.2 cm³/mol. The Morgan fingerprint density at radius 3 is 2.33 bits per heavy atom. The third-order valence-corrected chi connectivity index (χ3v) is 2.91. The summed E-state index contributed by atoms with van der Waals surface area (Å²) >= 11 is 0. The maximum Gasteiger partial charge on any atom is 0.335 e. The number of aromatic hydroxyl groups is 1. The number of carboxylic acid groups (broad SMARTS) is 1. The molecular formula is C15H12FNO4. The summed E-state index contributed by atoms with van der Waals surface area (Å²) in [5.41, 5.74) is 0.748. The van der Waals surface area contributed by atoms with Gasteiger partial charge in [0.15, 0.2) is 0 Å². The summed E-state index contributed by atoms with van der Waals surface area (Å²) in [5, 5.41) is 20.5. The second-order valence-corrected chi connectivity index (χ2v) is 4.45. The predicted octanol–water partition coefficient (Wildman–Crippen LogP) is 2.79. The molecule has 0 spiro atoms. The zero-order valence-corrected chi connectivity index (χ0v) is 11.1.